The monoisotopic (exact) mass is 712 g/mol. The van der Waals surface area contributed by atoms with Gasteiger partial charge in [0.15, 0.2) is 17.5 Å². The van der Waals surface area contributed by atoms with Crippen LogP contribution in [-0.4, -0.2) is 19.4 Å². The van der Waals surface area contributed by atoms with Crippen molar-refractivity contribution in [3.63, 3.8) is 0 Å². The van der Waals surface area contributed by atoms with Crippen molar-refractivity contribution in [1.82, 2.24) is 19.4 Å². The van der Waals surface area contributed by atoms with E-state index in [0.29, 0.717) is 17.5 Å². The van der Waals surface area contributed by atoms with Crippen LogP contribution < -0.4 is 0 Å². The minimum atomic E-state index is 0.645. The maximum absolute atomic E-state index is 5.02. The Bertz CT molecular complexity index is 3380. The highest BCUT2D eigenvalue weighted by Gasteiger charge is 2.21. The lowest BCUT2D eigenvalue weighted by Gasteiger charge is -2.10. The van der Waals surface area contributed by atoms with Crippen LogP contribution in [0.25, 0.3) is 105 Å². The van der Waals surface area contributed by atoms with E-state index in [1.807, 2.05) is 60.7 Å². The van der Waals surface area contributed by atoms with Gasteiger partial charge in [0, 0.05) is 38.2 Å². The molecule has 0 bridgehead atoms. The topological polar surface area (TPSA) is 43.1 Å². The van der Waals surface area contributed by atoms with Crippen LogP contribution in [0.15, 0.2) is 182 Å². The fourth-order valence-electron chi connectivity index (χ4n) is 9.13. The first-order valence-corrected chi connectivity index (χ1v) is 19.2. The van der Waals surface area contributed by atoms with Crippen molar-refractivity contribution in [2.24, 2.45) is 0 Å². The van der Waals surface area contributed by atoms with E-state index in [9.17, 15) is 0 Å². The van der Waals surface area contributed by atoms with Gasteiger partial charge in [-0.1, -0.05) is 158 Å². The average molecular weight is 713 g/mol. The normalized spacial score (nSPS) is 12.2. The summed E-state index contributed by atoms with van der Waals surface area (Å²) in [5.74, 6) is 1.95. The van der Waals surface area contributed by atoms with Crippen LogP contribution in [0, 0.1) is 0 Å². The molecule has 4 heteroatoms. The highest BCUT2D eigenvalue weighted by Crippen LogP contribution is 2.44. The zero-order chi connectivity index (χ0) is 36.7. The Hall–Kier alpha value is -7.43. The maximum atomic E-state index is 5.02. The Balaban J connectivity index is 1.11. The van der Waals surface area contributed by atoms with Crippen molar-refractivity contribution in [3.05, 3.63) is 193 Å². The number of nitrogens with zero attached hydrogens (tertiary/aromatic N) is 4. The Morgan fingerprint density at radius 3 is 1.48 bits per heavy atom. The first kappa shape index (κ1) is 31.0. The van der Waals surface area contributed by atoms with E-state index >= 15 is 0 Å². The molecule has 8 aromatic carbocycles. The zero-order valence-corrected chi connectivity index (χ0v) is 30.3. The molecule has 0 unspecified atom stereocenters. The summed E-state index contributed by atoms with van der Waals surface area (Å²) in [7, 11) is 0. The number of aromatic nitrogens is 4. The lowest BCUT2D eigenvalue weighted by molar-refractivity contribution is 1.07. The Morgan fingerprint density at radius 1 is 0.321 bits per heavy atom. The van der Waals surface area contributed by atoms with Crippen LogP contribution >= 0.6 is 0 Å². The molecule has 0 saturated carbocycles. The number of benzene rings is 8. The van der Waals surface area contributed by atoms with Crippen molar-refractivity contribution in [2.45, 2.75) is 6.42 Å². The third kappa shape index (κ3) is 4.63. The first-order valence-electron chi connectivity index (χ1n) is 19.2. The molecular formula is C52H32N4. The van der Waals surface area contributed by atoms with Gasteiger partial charge in [0.05, 0.1) is 16.6 Å². The van der Waals surface area contributed by atoms with Gasteiger partial charge in [-0.3, -0.25) is 0 Å². The molecule has 1 aliphatic carbocycles. The van der Waals surface area contributed by atoms with E-state index < -0.39 is 0 Å². The van der Waals surface area contributed by atoms with Gasteiger partial charge in [0.25, 0.3) is 0 Å². The SMILES string of the molecule is c1ccc(-c2nc(-c3ccccc3)nc(-c3cccc(-c4ccc5c(c4)c4cccc6c7cccc8c7c7c(cccc7c7ccccc7n5c64)C8)c3)n2)cc1. The predicted octanol–water partition coefficient (Wildman–Crippen LogP) is 13.0. The van der Waals surface area contributed by atoms with E-state index in [4.69, 9.17) is 15.0 Å². The summed E-state index contributed by atoms with van der Waals surface area (Å²) in [6, 6.07) is 65.3. The fraction of sp³-hybridized carbons (Fsp3) is 0.0192. The van der Waals surface area contributed by atoms with E-state index in [-0.39, 0.29) is 0 Å². The summed E-state index contributed by atoms with van der Waals surface area (Å²) in [4.78, 5) is 15.0. The van der Waals surface area contributed by atoms with Crippen LogP contribution in [0.5, 0.6) is 0 Å². The zero-order valence-electron chi connectivity index (χ0n) is 30.3. The molecule has 0 atom stereocenters. The highest BCUT2D eigenvalue weighted by atomic mass is 15.0. The molecule has 11 aromatic rings. The largest absolute Gasteiger partial charge is 0.308 e. The summed E-state index contributed by atoms with van der Waals surface area (Å²) in [6.07, 6.45) is 0.960. The third-order valence-corrected chi connectivity index (χ3v) is 11.6. The van der Waals surface area contributed by atoms with Gasteiger partial charge in [-0.15, -0.1) is 0 Å². The highest BCUT2D eigenvalue weighted by molar-refractivity contribution is 6.27. The summed E-state index contributed by atoms with van der Waals surface area (Å²) in [5, 5.41) is 10.3. The van der Waals surface area contributed by atoms with Gasteiger partial charge in [-0.05, 0) is 74.5 Å². The first-order chi connectivity index (χ1) is 27.8. The smallest absolute Gasteiger partial charge is 0.164 e. The second-order valence-electron chi connectivity index (χ2n) is 14.8. The summed E-state index contributed by atoms with van der Waals surface area (Å²) >= 11 is 0. The van der Waals surface area contributed by atoms with Gasteiger partial charge < -0.3 is 4.40 Å². The van der Waals surface area contributed by atoms with Crippen molar-refractivity contribution >= 4 is 59.6 Å². The molecule has 56 heavy (non-hydrogen) atoms. The second-order valence-corrected chi connectivity index (χ2v) is 14.8. The molecule has 0 amide bonds. The average Bonchev–Trinajstić information content (AvgIpc) is 3.83. The van der Waals surface area contributed by atoms with E-state index in [0.717, 1.165) is 34.2 Å². The molecule has 0 spiro atoms. The van der Waals surface area contributed by atoms with Crippen molar-refractivity contribution in [3.8, 4) is 45.3 Å². The van der Waals surface area contributed by atoms with E-state index in [1.54, 1.807) is 0 Å². The Morgan fingerprint density at radius 2 is 0.786 bits per heavy atom. The molecule has 3 heterocycles. The van der Waals surface area contributed by atoms with Gasteiger partial charge in [0.1, 0.15) is 0 Å². The van der Waals surface area contributed by atoms with Gasteiger partial charge >= 0.3 is 0 Å². The number of hydrogen-bond acceptors (Lipinski definition) is 3. The van der Waals surface area contributed by atoms with Gasteiger partial charge in [0.2, 0.25) is 0 Å². The van der Waals surface area contributed by atoms with E-state index in [1.165, 1.54) is 70.8 Å². The lowest BCUT2D eigenvalue weighted by Crippen LogP contribution is -2.00. The summed E-state index contributed by atoms with van der Waals surface area (Å²) in [5.41, 5.74) is 11.5. The molecule has 12 rings (SSSR count). The van der Waals surface area contributed by atoms with Crippen LogP contribution in [0.2, 0.25) is 0 Å². The van der Waals surface area contributed by atoms with Crippen LogP contribution in [0.1, 0.15) is 11.1 Å². The second kappa shape index (κ2) is 12.0. The Kier molecular flexibility index (Phi) is 6.66. The molecule has 0 aliphatic heterocycles. The molecule has 1 aliphatic rings. The molecular weight excluding hydrogens is 681 g/mol. The number of fused-ring (bicyclic) bond motifs is 7. The maximum Gasteiger partial charge on any atom is 0.164 e. The van der Waals surface area contributed by atoms with Crippen LogP contribution in [0.4, 0.5) is 0 Å². The van der Waals surface area contributed by atoms with Crippen molar-refractivity contribution in [2.75, 3.05) is 0 Å². The van der Waals surface area contributed by atoms with Crippen molar-refractivity contribution < 1.29 is 0 Å². The fourth-order valence-corrected chi connectivity index (χ4v) is 9.13. The number of para-hydroxylation sites is 2. The van der Waals surface area contributed by atoms with Gasteiger partial charge in [-0.25, -0.2) is 15.0 Å². The van der Waals surface area contributed by atoms with Crippen LogP contribution in [0.3, 0.4) is 0 Å². The minimum Gasteiger partial charge on any atom is -0.308 e. The predicted molar refractivity (Wildman–Crippen MR) is 232 cm³/mol. The van der Waals surface area contributed by atoms with Crippen molar-refractivity contribution in [1.29, 1.82) is 0 Å². The summed E-state index contributed by atoms with van der Waals surface area (Å²) in [6.45, 7) is 0. The molecule has 0 radical (unpaired) electrons. The molecule has 0 saturated heterocycles. The molecule has 0 fully saturated rings. The standard InChI is InChI=1S/C52H32N4/c1-3-13-32(14-4-1)50-53-51(33-15-5-2-6-16-33)55-52(54-50)38-20-9-17-34(29-38)35-27-28-46-44(31-35)43-25-12-24-42-41-23-11-19-37-30-36-18-10-22-40(47(36)48(37)41)39-21-7-8-26-45(39)56(46)49(42)43/h1-29,31H,30H2. The molecule has 3 aromatic heterocycles. The lowest BCUT2D eigenvalue weighted by atomic mass is 9.99. The number of hydrogen-bond donors (Lipinski definition) is 0. The summed E-state index contributed by atoms with van der Waals surface area (Å²) < 4.78 is 2.51. The minimum absolute atomic E-state index is 0.645. The third-order valence-electron chi connectivity index (χ3n) is 11.6. The molecule has 260 valence electrons. The van der Waals surface area contributed by atoms with Crippen LogP contribution in [-0.2, 0) is 6.42 Å². The number of rotatable bonds is 4. The molecule has 0 N–H and O–H groups in total. The van der Waals surface area contributed by atoms with E-state index in [2.05, 4.69) is 126 Å². The quantitative estimate of drug-likeness (QED) is 0.182. The van der Waals surface area contributed by atoms with Gasteiger partial charge in [-0.2, -0.15) is 0 Å². The Labute approximate surface area is 322 Å². The molecule has 4 nitrogen and oxygen atoms in total.